The Hall–Kier alpha value is -0.440. The number of nitrogens with zero attached hydrogens (tertiary/aromatic N) is 2. The zero-order valence-electron chi connectivity index (χ0n) is 12.9. The number of anilines is 1. The van der Waals surface area contributed by atoms with Crippen molar-refractivity contribution in [2.75, 3.05) is 24.5 Å². The molecule has 2 nitrogen and oxygen atoms in total. The smallest absolute Gasteiger partial charge is 0.0612 e. The third kappa shape index (κ3) is 3.18. The van der Waals surface area contributed by atoms with Crippen molar-refractivity contribution >= 4 is 28.9 Å². The number of rotatable bonds is 2. The monoisotopic (exact) mass is 326 g/mol. The molecule has 0 radical (unpaired) electrons. The Balaban J connectivity index is 1.88. The number of piperidine rings is 1. The second-order valence-electron chi connectivity index (χ2n) is 6.71. The van der Waals surface area contributed by atoms with Crippen LogP contribution in [0.5, 0.6) is 0 Å². The fraction of sp³-hybridized carbons (Fsp3) is 0.647. The van der Waals surface area contributed by atoms with Gasteiger partial charge in [0.15, 0.2) is 0 Å². The average molecular weight is 327 g/mol. The lowest BCUT2D eigenvalue weighted by Gasteiger charge is -2.50. The van der Waals surface area contributed by atoms with Crippen LogP contribution in [0.2, 0.25) is 10.0 Å². The van der Waals surface area contributed by atoms with E-state index in [1.807, 2.05) is 12.1 Å². The number of hydrogen-bond donors (Lipinski definition) is 0. The van der Waals surface area contributed by atoms with E-state index >= 15 is 0 Å². The molecule has 0 bridgehead atoms. The van der Waals surface area contributed by atoms with E-state index in [4.69, 9.17) is 23.2 Å². The Kier molecular flexibility index (Phi) is 4.68. The Morgan fingerprint density at radius 2 is 1.90 bits per heavy atom. The molecule has 2 saturated heterocycles. The molecule has 116 valence electrons. The van der Waals surface area contributed by atoms with E-state index in [9.17, 15) is 0 Å². The molecule has 2 atom stereocenters. The van der Waals surface area contributed by atoms with Crippen LogP contribution in [0.1, 0.15) is 33.1 Å². The highest BCUT2D eigenvalue weighted by Gasteiger charge is 2.36. The first kappa shape index (κ1) is 15.5. The molecule has 0 aliphatic carbocycles. The molecule has 1 aromatic carbocycles. The molecule has 4 heteroatoms. The highest BCUT2D eigenvalue weighted by Crippen LogP contribution is 2.34. The van der Waals surface area contributed by atoms with Gasteiger partial charge in [-0.2, -0.15) is 0 Å². The Bertz CT molecular complexity index is 504. The molecule has 2 heterocycles. The Labute approximate surface area is 138 Å². The van der Waals surface area contributed by atoms with E-state index in [2.05, 4.69) is 29.7 Å². The maximum Gasteiger partial charge on any atom is 0.0612 e. The van der Waals surface area contributed by atoms with Crippen molar-refractivity contribution < 1.29 is 0 Å². The fourth-order valence-corrected chi connectivity index (χ4v) is 4.03. The quantitative estimate of drug-likeness (QED) is 0.777. The van der Waals surface area contributed by atoms with Gasteiger partial charge in [-0.05, 0) is 43.5 Å². The van der Waals surface area contributed by atoms with E-state index in [0.29, 0.717) is 28.0 Å². The van der Waals surface area contributed by atoms with Crippen LogP contribution in [0.3, 0.4) is 0 Å². The summed E-state index contributed by atoms with van der Waals surface area (Å²) in [4.78, 5) is 5.25. The largest absolute Gasteiger partial charge is 0.365 e. The van der Waals surface area contributed by atoms with E-state index in [1.165, 1.54) is 38.0 Å². The second kappa shape index (κ2) is 6.36. The predicted octanol–water partition coefficient (Wildman–Crippen LogP) is 4.69. The first-order valence-corrected chi connectivity index (χ1v) is 8.77. The van der Waals surface area contributed by atoms with Crippen LogP contribution < -0.4 is 4.90 Å². The molecule has 2 aliphatic heterocycles. The predicted molar refractivity (Wildman–Crippen MR) is 91.6 cm³/mol. The van der Waals surface area contributed by atoms with E-state index in [0.717, 1.165) is 6.54 Å². The normalized spacial score (nSPS) is 27.0. The number of piperazine rings is 1. The van der Waals surface area contributed by atoms with Crippen LogP contribution in [0.4, 0.5) is 5.69 Å². The SMILES string of the molecule is CC(C)C1CN2CCCCC2CN1c1ccc(Cl)c(Cl)c1. The van der Waals surface area contributed by atoms with Gasteiger partial charge in [-0.15, -0.1) is 0 Å². The molecular weight excluding hydrogens is 303 g/mol. The van der Waals surface area contributed by atoms with Crippen molar-refractivity contribution in [3.63, 3.8) is 0 Å². The minimum Gasteiger partial charge on any atom is -0.365 e. The summed E-state index contributed by atoms with van der Waals surface area (Å²) >= 11 is 12.3. The molecule has 2 aliphatic rings. The van der Waals surface area contributed by atoms with Crippen LogP contribution in [-0.2, 0) is 0 Å². The van der Waals surface area contributed by atoms with Gasteiger partial charge in [0.25, 0.3) is 0 Å². The minimum atomic E-state index is 0.552. The fourth-order valence-electron chi connectivity index (χ4n) is 3.74. The molecule has 1 aromatic rings. The molecule has 0 spiro atoms. The molecule has 0 N–H and O–H groups in total. The van der Waals surface area contributed by atoms with Gasteiger partial charge in [0.2, 0.25) is 0 Å². The summed E-state index contributed by atoms with van der Waals surface area (Å²) in [6.07, 6.45) is 4.04. The van der Waals surface area contributed by atoms with E-state index in [-0.39, 0.29) is 0 Å². The molecule has 0 amide bonds. The van der Waals surface area contributed by atoms with E-state index < -0.39 is 0 Å². The van der Waals surface area contributed by atoms with Crippen molar-refractivity contribution in [2.45, 2.75) is 45.2 Å². The standard InChI is InChI=1S/C17H24Cl2N2/c1-12(2)17-11-20-8-4-3-5-14(20)10-21(17)13-6-7-15(18)16(19)9-13/h6-7,9,12,14,17H,3-5,8,10-11H2,1-2H3. The van der Waals surface area contributed by atoms with E-state index in [1.54, 1.807) is 0 Å². The van der Waals surface area contributed by atoms with Gasteiger partial charge in [0.05, 0.1) is 10.0 Å². The van der Waals surface area contributed by atoms with Gasteiger partial charge < -0.3 is 4.90 Å². The number of fused-ring (bicyclic) bond motifs is 1. The first-order chi connectivity index (χ1) is 10.1. The molecule has 0 aromatic heterocycles. The molecule has 21 heavy (non-hydrogen) atoms. The van der Waals surface area contributed by atoms with Crippen LogP contribution in [0.25, 0.3) is 0 Å². The summed E-state index contributed by atoms with van der Waals surface area (Å²) in [5.41, 5.74) is 1.22. The van der Waals surface area contributed by atoms with Crippen LogP contribution in [0, 0.1) is 5.92 Å². The van der Waals surface area contributed by atoms with Crippen LogP contribution in [-0.4, -0.2) is 36.6 Å². The number of benzene rings is 1. The molecule has 2 unspecified atom stereocenters. The Morgan fingerprint density at radius 3 is 2.62 bits per heavy atom. The van der Waals surface area contributed by atoms with Crippen LogP contribution >= 0.6 is 23.2 Å². The lowest BCUT2D eigenvalue weighted by atomic mass is 9.91. The summed E-state index contributed by atoms with van der Waals surface area (Å²) in [6.45, 7) is 8.19. The summed E-state index contributed by atoms with van der Waals surface area (Å²) in [5, 5.41) is 1.29. The zero-order chi connectivity index (χ0) is 15.0. The summed E-state index contributed by atoms with van der Waals surface area (Å²) in [7, 11) is 0. The van der Waals surface area contributed by atoms with Gasteiger partial charge in [-0.1, -0.05) is 43.5 Å². The Morgan fingerprint density at radius 1 is 1.10 bits per heavy atom. The summed E-state index contributed by atoms with van der Waals surface area (Å²) in [5.74, 6) is 0.627. The van der Waals surface area contributed by atoms with Gasteiger partial charge in [-0.3, -0.25) is 4.90 Å². The van der Waals surface area contributed by atoms with Gasteiger partial charge >= 0.3 is 0 Å². The lowest BCUT2D eigenvalue weighted by Crippen LogP contribution is -2.61. The minimum absolute atomic E-state index is 0.552. The highest BCUT2D eigenvalue weighted by atomic mass is 35.5. The first-order valence-electron chi connectivity index (χ1n) is 8.02. The third-order valence-electron chi connectivity index (χ3n) is 4.98. The summed E-state index contributed by atoms with van der Waals surface area (Å²) in [6, 6.07) is 7.31. The number of halogens is 2. The molecular formula is C17H24Cl2N2. The van der Waals surface area contributed by atoms with Crippen molar-refractivity contribution in [1.29, 1.82) is 0 Å². The third-order valence-corrected chi connectivity index (χ3v) is 5.72. The zero-order valence-corrected chi connectivity index (χ0v) is 14.4. The second-order valence-corrected chi connectivity index (χ2v) is 7.52. The molecule has 2 fully saturated rings. The topological polar surface area (TPSA) is 6.48 Å². The maximum absolute atomic E-state index is 6.23. The van der Waals surface area contributed by atoms with Gasteiger partial charge in [0, 0.05) is 30.9 Å². The maximum atomic E-state index is 6.23. The summed E-state index contributed by atoms with van der Waals surface area (Å²) < 4.78 is 0. The lowest BCUT2D eigenvalue weighted by molar-refractivity contribution is 0.100. The van der Waals surface area contributed by atoms with Crippen molar-refractivity contribution in [3.8, 4) is 0 Å². The van der Waals surface area contributed by atoms with Crippen molar-refractivity contribution in [1.82, 2.24) is 4.90 Å². The van der Waals surface area contributed by atoms with Crippen LogP contribution in [0.15, 0.2) is 18.2 Å². The van der Waals surface area contributed by atoms with Gasteiger partial charge in [-0.25, -0.2) is 0 Å². The van der Waals surface area contributed by atoms with Crippen molar-refractivity contribution in [2.24, 2.45) is 5.92 Å². The van der Waals surface area contributed by atoms with Gasteiger partial charge in [0.1, 0.15) is 0 Å². The highest BCUT2D eigenvalue weighted by molar-refractivity contribution is 6.42. The average Bonchev–Trinajstić information content (AvgIpc) is 2.48. The molecule has 3 rings (SSSR count). The van der Waals surface area contributed by atoms with Crippen molar-refractivity contribution in [3.05, 3.63) is 28.2 Å². The number of hydrogen-bond acceptors (Lipinski definition) is 2. The molecule has 0 saturated carbocycles.